The molecule has 0 fully saturated rings. The zero-order valence-corrected chi connectivity index (χ0v) is 12.8. The number of nitrogens with zero attached hydrogens (tertiary/aromatic N) is 3. The fourth-order valence-electron chi connectivity index (χ4n) is 2.01. The van der Waals surface area contributed by atoms with Gasteiger partial charge in [0.2, 0.25) is 0 Å². The predicted molar refractivity (Wildman–Crippen MR) is 85.4 cm³/mol. The van der Waals surface area contributed by atoms with Gasteiger partial charge in [0.05, 0.1) is 22.5 Å². The third-order valence-corrected chi connectivity index (χ3v) is 4.65. The Morgan fingerprint density at radius 3 is 2.90 bits per heavy atom. The molecule has 0 unspecified atom stereocenters. The maximum Gasteiger partial charge on any atom is 0.190 e. The Kier molecular flexibility index (Phi) is 4.08. The molecule has 3 aromatic heterocycles. The molecule has 0 saturated carbocycles. The SMILES string of the molecule is CCCn1c(-c2cccs2)csc1=Nc1cccnc1. The van der Waals surface area contributed by atoms with Crippen molar-refractivity contribution in [2.24, 2.45) is 4.99 Å². The summed E-state index contributed by atoms with van der Waals surface area (Å²) < 4.78 is 2.30. The quantitative estimate of drug-likeness (QED) is 0.706. The molecule has 0 spiro atoms. The fraction of sp³-hybridized carbons (Fsp3) is 0.200. The molecule has 0 N–H and O–H groups in total. The number of aromatic nitrogens is 2. The summed E-state index contributed by atoms with van der Waals surface area (Å²) >= 11 is 3.45. The van der Waals surface area contributed by atoms with E-state index < -0.39 is 0 Å². The van der Waals surface area contributed by atoms with E-state index in [1.54, 1.807) is 35.1 Å². The van der Waals surface area contributed by atoms with E-state index in [-0.39, 0.29) is 0 Å². The van der Waals surface area contributed by atoms with E-state index in [1.165, 1.54) is 10.6 Å². The minimum absolute atomic E-state index is 0.900. The Hall–Kier alpha value is -1.72. The summed E-state index contributed by atoms with van der Waals surface area (Å²) in [6.07, 6.45) is 4.65. The summed E-state index contributed by atoms with van der Waals surface area (Å²) in [5, 5.41) is 4.30. The van der Waals surface area contributed by atoms with Crippen molar-refractivity contribution in [1.82, 2.24) is 9.55 Å². The van der Waals surface area contributed by atoms with Gasteiger partial charge in [-0.1, -0.05) is 13.0 Å². The normalized spacial score (nSPS) is 11.9. The third kappa shape index (κ3) is 2.73. The minimum Gasteiger partial charge on any atom is -0.316 e. The van der Waals surface area contributed by atoms with Crippen LogP contribution in [0.4, 0.5) is 5.69 Å². The summed E-state index contributed by atoms with van der Waals surface area (Å²) in [7, 11) is 0. The van der Waals surface area contributed by atoms with Crippen LogP contribution in [0, 0.1) is 0 Å². The van der Waals surface area contributed by atoms with Crippen LogP contribution in [-0.4, -0.2) is 9.55 Å². The third-order valence-electron chi connectivity index (χ3n) is 2.89. The zero-order chi connectivity index (χ0) is 13.8. The first-order valence-electron chi connectivity index (χ1n) is 6.55. The summed E-state index contributed by atoms with van der Waals surface area (Å²) in [6, 6.07) is 8.14. The minimum atomic E-state index is 0.900. The number of thiazole rings is 1. The Morgan fingerprint density at radius 2 is 2.20 bits per heavy atom. The average Bonchev–Trinajstić information content (AvgIpc) is 3.11. The topological polar surface area (TPSA) is 30.2 Å². The van der Waals surface area contributed by atoms with Crippen LogP contribution in [0.25, 0.3) is 10.6 Å². The molecule has 3 aromatic rings. The van der Waals surface area contributed by atoms with Gasteiger partial charge in [0.15, 0.2) is 4.80 Å². The molecular weight excluding hydrogens is 286 g/mol. The lowest BCUT2D eigenvalue weighted by molar-refractivity contribution is 0.668. The van der Waals surface area contributed by atoms with E-state index in [2.05, 4.69) is 39.4 Å². The molecule has 3 heterocycles. The Morgan fingerprint density at radius 1 is 1.25 bits per heavy atom. The predicted octanol–water partition coefficient (Wildman–Crippen LogP) is 4.32. The summed E-state index contributed by atoms with van der Waals surface area (Å²) in [5.74, 6) is 0. The van der Waals surface area contributed by atoms with Crippen molar-refractivity contribution in [1.29, 1.82) is 0 Å². The van der Waals surface area contributed by atoms with Crippen LogP contribution in [0.2, 0.25) is 0 Å². The highest BCUT2D eigenvalue weighted by Gasteiger charge is 2.08. The van der Waals surface area contributed by atoms with Crippen LogP contribution >= 0.6 is 22.7 Å². The molecule has 5 heteroatoms. The number of rotatable bonds is 4. The molecule has 0 bridgehead atoms. The second-order valence-electron chi connectivity index (χ2n) is 4.36. The van der Waals surface area contributed by atoms with Gasteiger partial charge in [-0.15, -0.1) is 22.7 Å². The molecule has 0 aliphatic carbocycles. The Bertz CT molecular complexity index is 724. The molecule has 3 nitrogen and oxygen atoms in total. The Labute approximate surface area is 125 Å². The van der Waals surface area contributed by atoms with Crippen molar-refractivity contribution in [3.63, 3.8) is 0 Å². The lowest BCUT2D eigenvalue weighted by Crippen LogP contribution is -2.15. The number of hydrogen-bond donors (Lipinski definition) is 0. The summed E-state index contributed by atoms with van der Waals surface area (Å²) in [4.78, 5) is 11.2. The highest BCUT2D eigenvalue weighted by atomic mass is 32.1. The van der Waals surface area contributed by atoms with Gasteiger partial charge in [-0.3, -0.25) is 4.98 Å². The highest BCUT2D eigenvalue weighted by Crippen LogP contribution is 2.25. The van der Waals surface area contributed by atoms with Crippen molar-refractivity contribution in [3.8, 4) is 10.6 Å². The van der Waals surface area contributed by atoms with Crippen LogP contribution in [0.1, 0.15) is 13.3 Å². The van der Waals surface area contributed by atoms with Crippen molar-refractivity contribution < 1.29 is 0 Å². The lowest BCUT2D eigenvalue weighted by Gasteiger charge is -2.05. The van der Waals surface area contributed by atoms with E-state index in [1.807, 2.05) is 12.1 Å². The summed E-state index contributed by atoms with van der Waals surface area (Å²) in [5.41, 5.74) is 2.16. The average molecular weight is 301 g/mol. The van der Waals surface area contributed by atoms with Crippen LogP contribution in [-0.2, 0) is 6.54 Å². The zero-order valence-electron chi connectivity index (χ0n) is 11.2. The molecule has 0 atom stereocenters. The number of hydrogen-bond acceptors (Lipinski definition) is 4. The standard InChI is InChI=1S/C15H15N3S2/c1-2-8-18-13(14-6-4-9-19-14)11-20-15(18)17-12-5-3-7-16-10-12/h3-7,9-11H,2,8H2,1H3. The molecule has 0 amide bonds. The van der Waals surface area contributed by atoms with E-state index in [4.69, 9.17) is 4.99 Å². The van der Waals surface area contributed by atoms with Crippen molar-refractivity contribution in [2.75, 3.05) is 0 Å². The van der Waals surface area contributed by atoms with Gasteiger partial charge < -0.3 is 4.57 Å². The molecule has 102 valence electrons. The smallest absolute Gasteiger partial charge is 0.190 e. The molecule has 0 aromatic carbocycles. The van der Waals surface area contributed by atoms with Gasteiger partial charge in [-0.2, -0.15) is 0 Å². The van der Waals surface area contributed by atoms with Crippen LogP contribution in [0.15, 0.2) is 52.4 Å². The number of thiophene rings is 1. The molecular formula is C15H15N3S2. The molecule has 0 aliphatic heterocycles. The fourth-order valence-corrected chi connectivity index (χ4v) is 3.78. The van der Waals surface area contributed by atoms with Gasteiger partial charge in [0.25, 0.3) is 0 Å². The largest absolute Gasteiger partial charge is 0.316 e. The van der Waals surface area contributed by atoms with E-state index in [0.717, 1.165) is 23.5 Å². The Balaban J connectivity index is 2.10. The first kappa shape index (κ1) is 13.3. The monoisotopic (exact) mass is 301 g/mol. The van der Waals surface area contributed by atoms with Gasteiger partial charge in [-0.05, 0) is 30.0 Å². The summed E-state index contributed by atoms with van der Waals surface area (Å²) in [6.45, 7) is 3.17. The van der Waals surface area contributed by atoms with Crippen LogP contribution in [0.3, 0.4) is 0 Å². The van der Waals surface area contributed by atoms with E-state index >= 15 is 0 Å². The van der Waals surface area contributed by atoms with Crippen molar-refractivity contribution in [2.45, 2.75) is 19.9 Å². The first-order chi connectivity index (χ1) is 9.88. The van der Waals surface area contributed by atoms with Crippen molar-refractivity contribution >= 4 is 28.4 Å². The van der Waals surface area contributed by atoms with Crippen molar-refractivity contribution in [3.05, 3.63) is 52.2 Å². The van der Waals surface area contributed by atoms with Gasteiger partial charge >= 0.3 is 0 Å². The van der Waals surface area contributed by atoms with E-state index in [0.29, 0.717) is 0 Å². The van der Waals surface area contributed by atoms with Crippen LogP contribution in [0.5, 0.6) is 0 Å². The maximum absolute atomic E-state index is 4.71. The lowest BCUT2D eigenvalue weighted by atomic mass is 10.3. The van der Waals surface area contributed by atoms with Gasteiger partial charge in [-0.25, -0.2) is 4.99 Å². The van der Waals surface area contributed by atoms with Gasteiger partial charge in [0.1, 0.15) is 0 Å². The second kappa shape index (κ2) is 6.15. The molecule has 0 aliphatic rings. The first-order valence-corrected chi connectivity index (χ1v) is 8.31. The second-order valence-corrected chi connectivity index (χ2v) is 6.14. The molecule has 0 saturated heterocycles. The van der Waals surface area contributed by atoms with Crippen LogP contribution < -0.4 is 4.80 Å². The van der Waals surface area contributed by atoms with Gasteiger partial charge in [0, 0.05) is 18.1 Å². The number of pyridine rings is 1. The molecule has 20 heavy (non-hydrogen) atoms. The molecule has 3 rings (SSSR count). The van der Waals surface area contributed by atoms with E-state index in [9.17, 15) is 0 Å². The maximum atomic E-state index is 4.71. The highest BCUT2D eigenvalue weighted by molar-refractivity contribution is 7.14. The molecule has 0 radical (unpaired) electrons.